The number of ether oxygens (including phenoxy) is 2. The van der Waals surface area contributed by atoms with Crippen molar-refractivity contribution in [3.63, 3.8) is 0 Å². The first-order valence-electron chi connectivity index (χ1n) is 12.7. The number of aldehydes is 1. The number of carbonyl (C=O) groups excluding carboxylic acids is 3. The molecule has 1 aliphatic rings. The predicted molar refractivity (Wildman–Crippen MR) is 147 cm³/mol. The number of rotatable bonds is 10. The minimum absolute atomic E-state index is 0.0606. The first-order chi connectivity index (χ1) is 17.7. The Morgan fingerprint density at radius 1 is 1.08 bits per heavy atom. The molecule has 0 radical (unpaired) electrons. The first kappa shape index (κ1) is 28.6. The number of piperidine rings is 1. The lowest BCUT2D eigenvalue weighted by Gasteiger charge is -2.41. The third-order valence-corrected chi connectivity index (χ3v) is 8.02. The van der Waals surface area contributed by atoms with Crippen LogP contribution >= 0.6 is 11.8 Å². The van der Waals surface area contributed by atoms with Gasteiger partial charge in [0.2, 0.25) is 5.91 Å². The molecule has 1 N–H and O–H groups in total. The third-order valence-electron chi connectivity index (χ3n) is 6.39. The van der Waals surface area contributed by atoms with Gasteiger partial charge in [0.1, 0.15) is 17.6 Å². The van der Waals surface area contributed by atoms with E-state index in [1.165, 1.54) is 0 Å². The van der Waals surface area contributed by atoms with Crippen LogP contribution in [-0.2, 0) is 20.1 Å². The monoisotopic (exact) mass is 526 g/mol. The molecule has 8 heteroatoms. The summed E-state index contributed by atoms with van der Waals surface area (Å²) in [6.07, 6.45) is 2.44. The standard InChI is InChI=1S/C29H38N2O5S/c1-28(2,3)36-27(34)31-18-16-29(17-19-31,37-21-22-12-14-24(35-4)15-13-22)26(33)30-25(11-8-20-32)23-9-6-5-7-10-23/h5-7,9-10,12-15,20,25H,8,11,16-19,21H2,1-4H3,(H,30,33)/t25-/m0/s1. The van der Waals surface area contributed by atoms with E-state index < -0.39 is 10.3 Å². The van der Waals surface area contributed by atoms with Crippen molar-refractivity contribution < 1.29 is 23.9 Å². The van der Waals surface area contributed by atoms with Crippen LogP contribution in [0.4, 0.5) is 4.79 Å². The number of methoxy groups -OCH3 is 1. The molecular weight excluding hydrogens is 488 g/mol. The van der Waals surface area contributed by atoms with Crippen LogP contribution in [-0.4, -0.2) is 53.7 Å². The number of hydrogen-bond acceptors (Lipinski definition) is 6. The van der Waals surface area contributed by atoms with Gasteiger partial charge in [-0.05, 0) is 63.3 Å². The molecule has 2 amide bonds. The van der Waals surface area contributed by atoms with E-state index in [1.807, 2.05) is 75.4 Å². The number of hydrogen-bond donors (Lipinski definition) is 1. The largest absolute Gasteiger partial charge is 0.497 e. The van der Waals surface area contributed by atoms with Crippen molar-refractivity contribution in [2.24, 2.45) is 0 Å². The summed E-state index contributed by atoms with van der Waals surface area (Å²) in [7, 11) is 1.63. The average molecular weight is 527 g/mol. The second-order valence-corrected chi connectivity index (χ2v) is 11.6. The maximum atomic E-state index is 13.9. The van der Waals surface area contributed by atoms with Gasteiger partial charge in [0, 0.05) is 25.3 Å². The highest BCUT2D eigenvalue weighted by molar-refractivity contribution is 8.00. The Balaban J connectivity index is 1.78. The van der Waals surface area contributed by atoms with Gasteiger partial charge in [0.15, 0.2) is 0 Å². The fourth-order valence-electron chi connectivity index (χ4n) is 4.29. The molecule has 1 aliphatic heterocycles. The molecule has 0 unspecified atom stereocenters. The Morgan fingerprint density at radius 3 is 2.30 bits per heavy atom. The van der Waals surface area contributed by atoms with E-state index in [-0.39, 0.29) is 18.0 Å². The quantitative estimate of drug-likeness (QED) is 0.410. The van der Waals surface area contributed by atoms with E-state index in [0.717, 1.165) is 23.2 Å². The Labute approximate surface area is 224 Å². The summed E-state index contributed by atoms with van der Waals surface area (Å²) in [5.74, 6) is 1.37. The van der Waals surface area contributed by atoms with Gasteiger partial charge in [-0.1, -0.05) is 42.5 Å². The van der Waals surface area contributed by atoms with Crippen molar-refractivity contribution >= 4 is 30.0 Å². The molecule has 7 nitrogen and oxygen atoms in total. The summed E-state index contributed by atoms with van der Waals surface area (Å²) in [5.41, 5.74) is 1.49. The number of likely N-dealkylation sites (tertiary alicyclic amines) is 1. The van der Waals surface area contributed by atoms with E-state index >= 15 is 0 Å². The van der Waals surface area contributed by atoms with Crippen molar-refractivity contribution in [3.8, 4) is 5.75 Å². The van der Waals surface area contributed by atoms with Gasteiger partial charge in [-0.25, -0.2) is 4.79 Å². The van der Waals surface area contributed by atoms with Gasteiger partial charge in [0.25, 0.3) is 0 Å². The van der Waals surface area contributed by atoms with Gasteiger partial charge in [-0.15, -0.1) is 11.8 Å². The van der Waals surface area contributed by atoms with Crippen LogP contribution in [0.15, 0.2) is 54.6 Å². The predicted octanol–water partition coefficient (Wildman–Crippen LogP) is 5.53. The molecule has 1 saturated heterocycles. The maximum absolute atomic E-state index is 13.9. The fourth-order valence-corrected chi connectivity index (χ4v) is 5.59. The molecule has 2 aromatic carbocycles. The molecule has 0 saturated carbocycles. The zero-order chi connectivity index (χ0) is 26.9. The van der Waals surface area contributed by atoms with Crippen LogP contribution in [0.3, 0.4) is 0 Å². The minimum atomic E-state index is -0.716. The van der Waals surface area contributed by atoms with Gasteiger partial charge in [-0.2, -0.15) is 0 Å². The van der Waals surface area contributed by atoms with E-state index in [4.69, 9.17) is 9.47 Å². The van der Waals surface area contributed by atoms with Gasteiger partial charge < -0.3 is 24.5 Å². The number of carbonyl (C=O) groups is 3. The molecule has 0 bridgehead atoms. The molecule has 2 aromatic rings. The average Bonchev–Trinajstić information content (AvgIpc) is 2.89. The molecule has 3 rings (SSSR count). The second-order valence-electron chi connectivity index (χ2n) is 10.3. The number of thioether (sulfide) groups is 1. The van der Waals surface area contributed by atoms with E-state index in [1.54, 1.807) is 23.8 Å². The van der Waals surface area contributed by atoms with Crippen molar-refractivity contribution in [2.45, 2.75) is 68.6 Å². The van der Waals surface area contributed by atoms with Crippen molar-refractivity contribution in [1.82, 2.24) is 10.2 Å². The lowest BCUT2D eigenvalue weighted by molar-refractivity contribution is -0.125. The number of amides is 2. The van der Waals surface area contributed by atoms with Gasteiger partial charge in [0.05, 0.1) is 17.9 Å². The molecule has 0 aliphatic carbocycles. The minimum Gasteiger partial charge on any atom is -0.497 e. The van der Waals surface area contributed by atoms with E-state index in [0.29, 0.717) is 44.5 Å². The molecule has 1 heterocycles. The lowest BCUT2D eigenvalue weighted by atomic mass is 9.93. The molecule has 1 atom stereocenters. The summed E-state index contributed by atoms with van der Waals surface area (Å²) in [6, 6.07) is 17.3. The van der Waals surface area contributed by atoms with Gasteiger partial charge >= 0.3 is 6.09 Å². The Morgan fingerprint density at radius 2 is 1.73 bits per heavy atom. The SMILES string of the molecule is COc1ccc(CSC2(C(=O)N[C@@H](CCC=O)c3ccccc3)CCN(C(=O)OC(C)(C)C)CC2)cc1. The van der Waals surface area contributed by atoms with Crippen LogP contribution in [0, 0.1) is 0 Å². The summed E-state index contributed by atoms with van der Waals surface area (Å²) < 4.78 is 10.1. The third kappa shape index (κ3) is 8.25. The maximum Gasteiger partial charge on any atom is 0.410 e. The van der Waals surface area contributed by atoms with Crippen LogP contribution in [0.2, 0.25) is 0 Å². The normalized spacial score (nSPS) is 15.9. The number of nitrogens with zero attached hydrogens (tertiary/aromatic N) is 1. The van der Waals surface area contributed by atoms with Crippen molar-refractivity contribution in [3.05, 3.63) is 65.7 Å². The topological polar surface area (TPSA) is 84.9 Å². The Hall–Kier alpha value is -3.00. The molecule has 0 spiro atoms. The zero-order valence-corrected chi connectivity index (χ0v) is 23.0. The molecule has 1 fully saturated rings. The first-order valence-corrected chi connectivity index (χ1v) is 13.7. The van der Waals surface area contributed by atoms with Crippen molar-refractivity contribution in [2.75, 3.05) is 20.2 Å². The van der Waals surface area contributed by atoms with Crippen LogP contribution < -0.4 is 10.1 Å². The fraction of sp³-hybridized carbons (Fsp3) is 0.483. The van der Waals surface area contributed by atoms with Gasteiger partial charge in [-0.3, -0.25) is 4.79 Å². The summed E-state index contributed by atoms with van der Waals surface area (Å²) in [6.45, 7) is 6.41. The summed E-state index contributed by atoms with van der Waals surface area (Å²) in [4.78, 5) is 39.4. The Kier molecular flexibility index (Phi) is 10.0. The summed E-state index contributed by atoms with van der Waals surface area (Å²) in [5, 5.41) is 3.24. The smallest absolute Gasteiger partial charge is 0.410 e. The van der Waals surface area contributed by atoms with Crippen LogP contribution in [0.5, 0.6) is 5.75 Å². The molecule has 200 valence electrons. The number of benzene rings is 2. The molecular formula is C29H38N2O5S. The second kappa shape index (κ2) is 13.0. The van der Waals surface area contributed by atoms with Crippen LogP contribution in [0.1, 0.15) is 63.6 Å². The molecule has 37 heavy (non-hydrogen) atoms. The highest BCUT2D eigenvalue weighted by Gasteiger charge is 2.44. The van der Waals surface area contributed by atoms with Crippen LogP contribution in [0.25, 0.3) is 0 Å². The highest BCUT2D eigenvalue weighted by atomic mass is 32.2. The van der Waals surface area contributed by atoms with E-state index in [9.17, 15) is 14.4 Å². The highest BCUT2D eigenvalue weighted by Crippen LogP contribution is 2.40. The lowest BCUT2D eigenvalue weighted by Crippen LogP contribution is -2.54. The zero-order valence-electron chi connectivity index (χ0n) is 22.2. The Bertz CT molecular complexity index is 1030. The summed E-state index contributed by atoms with van der Waals surface area (Å²) >= 11 is 1.61. The van der Waals surface area contributed by atoms with Crippen molar-refractivity contribution in [1.29, 1.82) is 0 Å². The number of nitrogens with one attached hydrogen (secondary N) is 1. The van der Waals surface area contributed by atoms with E-state index in [2.05, 4.69) is 5.32 Å². The molecule has 0 aromatic heterocycles.